The van der Waals surface area contributed by atoms with Crippen LogP contribution in [0.25, 0.3) is 6.15 Å². The lowest BCUT2D eigenvalue weighted by molar-refractivity contribution is -0.389. The molecule has 0 spiro atoms. The predicted molar refractivity (Wildman–Crippen MR) is 87.5 cm³/mol. The van der Waals surface area contributed by atoms with Crippen molar-refractivity contribution in [3.8, 4) is 0 Å². The van der Waals surface area contributed by atoms with Crippen LogP contribution in [-0.2, 0) is 6.42 Å². The Morgan fingerprint density at radius 1 is 1.00 bits per heavy atom. The summed E-state index contributed by atoms with van der Waals surface area (Å²) in [6, 6.07) is 5.96. The van der Waals surface area contributed by atoms with E-state index in [4.69, 9.17) is 5.73 Å². The third kappa shape index (κ3) is 7.35. The van der Waals surface area contributed by atoms with Gasteiger partial charge in [-0.2, -0.15) is 0 Å². The first-order valence-electron chi connectivity index (χ1n) is 5.99. The maximum absolute atomic E-state index is 10.2. The molecule has 4 N–H and O–H groups in total. The summed E-state index contributed by atoms with van der Waals surface area (Å²) >= 11 is 3.11. The molecule has 0 bridgehead atoms. The van der Waals surface area contributed by atoms with Crippen molar-refractivity contribution in [2.75, 3.05) is 6.54 Å². The number of rotatable bonds is 4. The van der Waals surface area contributed by atoms with Crippen molar-refractivity contribution < 1.29 is 9.85 Å². The minimum atomic E-state index is -0.535. The number of nitrogens with zero attached hydrogens (tertiary/aromatic N) is 4. The van der Waals surface area contributed by atoms with Gasteiger partial charge in [0.1, 0.15) is 6.20 Å². The fraction of sp³-hybridized carbons (Fsp3) is 0.167. The van der Waals surface area contributed by atoms with E-state index in [0.29, 0.717) is 13.0 Å². The number of hydrogen-bond donors (Lipinski definition) is 1. The van der Waals surface area contributed by atoms with Crippen molar-refractivity contribution in [1.82, 2.24) is 9.97 Å². The Balaban J connectivity index is 0.000000409. The molecule has 0 aliphatic heterocycles. The maximum atomic E-state index is 10.2. The standard InChI is InChI=1S/C7H9N3O2.C5H3BrN2O2.H2N/c8-4-3-6-1-2-7(9-5-6)10(11)12;6-4-1-2-5(7-3-4)8(9)10;/h1-2,5H,3-4,8H2;1-3H;1H2/q;;-1. The first kappa shape index (κ1) is 20.5. The van der Waals surface area contributed by atoms with E-state index in [1.165, 1.54) is 24.5 Å². The zero-order valence-electron chi connectivity index (χ0n) is 11.8. The fourth-order valence-electron chi connectivity index (χ4n) is 1.32. The molecule has 0 radical (unpaired) electrons. The molecule has 0 aliphatic carbocycles. The largest absolute Gasteiger partial charge is 0.693 e. The third-order valence-electron chi connectivity index (χ3n) is 2.33. The Morgan fingerprint density at radius 2 is 1.52 bits per heavy atom. The SMILES string of the molecule is NCCc1ccc([N+](=O)[O-])nc1.O=[N+]([O-])c1ccc(Br)cn1.[NH2-]. The molecule has 0 saturated heterocycles. The Bertz CT molecular complexity index is 635. The summed E-state index contributed by atoms with van der Waals surface area (Å²) in [6.07, 6.45) is 3.56. The third-order valence-corrected chi connectivity index (χ3v) is 2.80. The average molecular weight is 386 g/mol. The molecule has 10 nitrogen and oxygen atoms in total. The van der Waals surface area contributed by atoms with Gasteiger partial charge in [-0.05, 0) is 66.4 Å². The second kappa shape index (κ2) is 10.3. The van der Waals surface area contributed by atoms with Gasteiger partial charge in [0.2, 0.25) is 0 Å². The first-order chi connectivity index (χ1) is 10.4. The number of aromatic nitrogens is 2. The van der Waals surface area contributed by atoms with Crippen molar-refractivity contribution in [1.29, 1.82) is 0 Å². The normalized spacial score (nSPS) is 9.13. The Morgan fingerprint density at radius 3 is 1.87 bits per heavy atom. The highest BCUT2D eigenvalue weighted by Gasteiger charge is 2.05. The number of nitrogens with two attached hydrogens (primary N) is 2. The summed E-state index contributed by atoms with van der Waals surface area (Å²) in [5.74, 6) is -0.265. The van der Waals surface area contributed by atoms with Gasteiger partial charge in [-0.15, -0.1) is 0 Å². The Labute approximate surface area is 139 Å². The van der Waals surface area contributed by atoms with Crippen LogP contribution < -0.4 is 5.73 Å². The lowest BCUT2D eigenvalue weighted by Crippen LogP contribution is -2.03. The van der Waals surface area contributed by atoms with Crippen molar-refractivity contribution in [2.24, 2.45) is 5.73 Å². The van der Waals surface area contributed by atoms with Crippen LogP contribution in [0.1, 0.15) is 5.56 Å². The summed E-state index contributed by atoms with van der Waals surface area (Å²) in [6.45, 7) is 0.527. The molecule has 2 aromatic heterocycles. The monoisotopic (exact) mass is 385 g/mol. The van der Waals surface area contributed by atoms with Gasteiger partial charge in [0, 0.05) is 12.1 Å². The quantitative estimate of drug-likeness (QED) is 0.621. The number of pyridine rings is 2. The van der Waals surface area contributed by atoms with E-state index in [9.17, 15) is 20.2 Å². The zero-order chi connectivity index (χ0) is 16.5. The van der Waals surface area contributed by atoms with Crippen LogP contribution in [0.5, 0.6) is 0 Å². The van der Waals surface area contributed by atoms with Crippen LogP contribution in [-0.4, -0.2) is 26.4 Å². The smallest absolute Gasteiger partial charge is 0.363 e. The molecule has 0 unspecified atom stereocenters. The van der Waals surface area contributed by atoms with Gasteiger partial charge >= 0.3 is 11.6 Å². The molecule has 2 heterocycles. The van der Waals surface area contributed by atoms with Crippen molar-refractivity contribution in [3.05, 3.63) is 73.1 Å². The molecule has 0 aromatic carbocycles. The van der Waals surface area contributed by atoms with Gasteiger partial charge in [-0.25, -0.2) is 0 Å². The summed E-state index contributed by atoms with van der Waals surface area (Å²) in [5.41, 5.74) is 6.22. The molecule has 0 atom stereocenters. The van der Waals surface area contributed by atoms with Crippen LogP contribution >= 0.6 is 15.9 Å². The van der Waals surface area contributed by atoms with E-state index < -0.39 is 9.85 Å². The van der Waals surface area contributed by atoms with Gasteiger partial charge in [0.05, 0.1) is 4.47 Å². The van der Waals surface area contributed by atoms with Crippen LogP contribution in [0.4, 0.5) is 11.6 Å². The van der Waals surface area contributed by atoms with Crippen LogP contribution in [0.15, 0.2) is 41.1 Å². The number of hydrogen-bond acceptors (Lipinski definition) is 7. The minimum absolute atomic E-state index is 0. The van der Waals surface area contributed by atoms with E-state index in [1.807, 2.05) is 0 Å². The molecule has 2 rings (SSSR count). The second-order valence-electron chi connectivity index (χ2n) is 3.91. The molecule has 23 heavy (non-hydrogen) atoms. The molecule has 2 aromatic rings. The van der Waals surface area contributed by atoms with Gasteiger partial charge in [-0.3, -0.25) is 0 Å². The molecule has 0 amide bonds. The summed E-state index contributed by atoms with van der Waals surface area (Å²) in [5, 5.41) is 20.2. The minimum Gasteiger partial charge on any atom is -0.693 e. The van der Waals surface area contributed by atoms with E-state index in [-0.39, 0.29) is 17.8 Å². The van der Waals surface area contributed by atoms with Gasteiger partial charge in [0.25, 0.3) is 0 Å². The van der Waals surface area contributed by atoms with Crippen LogP contribution in [0.3, 0.4) is 0 Å². The lowest BCUT2D eigenvalue weighted by Gasteiger charge is -1.94. The van der Waals surface area contributed by atoms with Crippen molar-refractivity contribution in [3.63, 3.8) is 0 Å². The Kier molecular flexibility index (Phi) is 9.15. The van der Waals surface area contributed by atoms with Crippen LogP contribution in [0.2, 0.25) is 0 Å². The maximum Gasteiger partial charge on any atom is 0.363 e. The molecular weight excluding hydrogens is 372 g/mol. The second-order valence-corrected chi connectivity index (χ2v) is 4.83. The summed E-state index contributed by atoms with van der Waals surface area (Å²) in [7, 11) is 0. The van der Waals surface area contributed by atoms with Gasteiger partial charge in [0.15, 0.2) is 6.20 Å². The van der Waals surface area contributed by atoms with Gasteiger partial charge in [-0.1, -0.05) is 0 Å². The predicted octanol–water partition coefficient (Wildman–Crippen LogP) is 2.96. The van der Waals surface area contributed by atoms with E-state index in [0.717, 1.165) is 10.0 Å². The summed E-state index contributed by atoms with van der Waals surface area (Å²) in [4.78, 5) is 26.3. The molecular formula is C12H14BrN6O4-. The Hall–Kier alpha value is -2.50. The highest BCUT2D eigenvalue weighted by atomic mass is 79.9. The lowest BCUT2D eigenvalue weighted by atomic mass is 10.2. The number of nitro groups is 2. The molecule has 11 heteroatoms. The molecule has 0 fully saturated rings. The molecule has 0 aliphatic rings. The van der Waals surface area contributed by atoms with Gasteiger partial charge < -0.3 is 32.1 Å². The fourth-order valence-corrected chi connectivity index (χ4v) is 1.55. The van der Waals surface area contributed by atoms with E-state index in [2.05, 4.69) is 25.9 Å². The van der Waals surface area contributed by atoms with E-state index in [1.54, 1.807) is 12.1 Å². The van der Waals surface area contributed by atoms with E-state index >= 15 is 0 Å². The van der Waals surface area contributed by atoms with Crippen molar-refractivity contribution >= 4 is 27.6 Å². The number of halogens is 1. The highest BCUT2D eigenvalue weighted by Crippen LogP contribution is 2.11. The molecule has 124 valence electrons. The van der Waals surface area contributed by atoms with Crippen molar-refractivity contribution in [2.45, 2.75) is 6.42 Å². The topological polar surface area (TPSA) is 172 Å². The van der Waals surface area contributed by atoms with Crippen LogP contribution in [0, 0.1) is 20.2 Å². The molecule has 0 saturated carbocycles. The zero-order valence-corrected chi connectivity index (χ0v) is 13.4. The summed E-state index contributed by atoms with van der Waals surface area (Å²) < 4.78 is 0.734. The first-order valence-corrected chi connectivity index (χ1v) is 6.78. The highest BCUT2D eigenvalue weighted by molar-refractivity contribution is 9.10. The average Bonchev–Trinajstić information content (AvgIpc) is 2.49.